The van der Waals surface area contributed by atoms with Gasteiger partial charge in [-0.1, -0.05) is 131 Å². The number of furan rings is 1. The van der Waals surface area contributed by atoms with Crippen molar-refractivity contribution >= 4 is 59.7 Å². The molecule has 0 atom stereocenters. The van der Waals surface area contributed by atoms with Crippen LogP contribution in [0.25, 0.3) is 94.7 Å². The van der Waals surface area contributed by atoms with Crippen LogP contribution in [0.1, 0.15) is 0 Å². The molecule has 0 amide bonds. The van der Waals surface area contributed by atoms with Gasteiger partial charge in [0.05, 0.1) is 11.0 Å². The van der Waals surface area contributed by atoms with Crippen molar-refractivity contribution in [2.24, 2.45) is 0 Å². The SMILES string of the molecule is Brc1cc(-c2ccc3oc4ccccc4c3c2)cc(-c2nc(-c3ccc(-c4ccccc4)cc3)nc(-n3c4ccccc4c4ccccc43)n2)c1. The Kier molecular flexibility index (Phi) is 6.89. The van der Waals surface area contributed by atoms with Gasteiger partial charge in [0.15, 0.2) is 11.6 Å². The molecule has 3 aromatic heterocycles. The van der Waals surface area contributed by atoms with Crippen molar-refractivity contribution in [3.63, 3.8) is 0 Å². The molecule has 0 bridgehead atoms. The first-order chi connectivity index (χ1) is 25.2. The zero-order valence-electron chi connectivity index (χ0n) is 27.2. The molecule has 7 aromatic carbocycles. The van der Waals surface area contributed by atoms with E-state index in [1.165, 1.54) is 0 Å². The van der Waals surface area contributed by atoms with Crippen LogP contribution >= 0.6 is 15.9 Å². The summed E-state index contributed by atoms with van der Waals surface area (Å²) in [5.41, 5.74) is 10.0. The van der Waals surface area contributed by atoms with Gasteiger partial charge >= 0.3 is 0 Å². The van der Waals surface area contributed by atoms with Gasteiger partial charge in [-0.25, -0.2) is 4.98 Å². The first-order valence-corrected chi connectivity index (χ1v) is 17.6. The van der Waals surface area contributed by atoms with Crippen LogP contribution in [-0.4, -0.2) is 19.5 Å². The number of halogens is 1. The minimum Gasteiger partial charge on any atom is -0.456 e. The normalized spacial score (nSPS) is 11.6. The summed E-state index contributed by atoms with van der Waals surface area (Å²) in [4.78, 5) is 15.5. The number of rotatable bonds is 5. The van der Waals surface area contributed by atoms with Gasteiger partial charge in [0.2, 0.25) is 5.95 Å². The monoisotopic (exact) mass is 718 g/mol. The van der Waals surface area contributed by atoms with E-state index >= 15 is 0 Å². The quantitative estimate of drug-likeness (QED) is 0.178. The molecule has 3 heterocycles. The van der Waals surface area contributed by atoms with Crippen molar-refractivity contribution in [3.05, 3.63) is 168 Å². The summed E-state index contributed by atoms with van der Waals surface area (Å²) in [6, 6.07) is 56.5. The summed E-state index contributed by atoms with van der Waals surface area (Å²) in [6.45, 7) is 0. The average Bonchev–Trinajstić information content (AvgIpc) is 3.73. The maximum atomic E-state index is 6.12. The molecule has 0 radical (unpaired) electrons. The van der Waals surface area contributed by atoms with Crippen LogP contribution in [0.3, 0.4) is 0 Å². The molecule has 6 heteroatoms. The Morgan fingerprint density at radius 3 is 1.69 bits per heavy atom. The minimum absolute atomic E-state index is 0.562. The second-order valence-corrected chi connectivity index (χ2v) is 13.5. The lowest BCUT2D eigenvalue weighted by molar-refractivity contribution is 0.669. The second kappa shape index (κ2) is 11.9. The van der Waals surface area contributed by atoms with Gasteiger partial charge in [-0.15, -0.1) is 0 Å². The number of benzene rings is 7. The number of nitrogens with zero attached hydrogens (tertiary/aromatic N) is 4. The molecule has 10 aromatic rings. The summed E-state index contributed by atoms with van der Waals surface area (Å²) < 4.78 is 9.20. The van der Waals surface area contributed by atoms with Gasteiger partial charge < -0.3 is 4.42 Å². The third kappa shape index (κ3) is 5.11. The van der Waals surface area contributed by atoms with Crippen molar-refractivity contribution in [2.75, 3.05) is 0 Å². The molecule has 10 rings (SSSR count). The maximum Gasteiger partial charge on any atom is 0.238 e. The Morgan fingerprint density at radius 1 is 0.392 bits per heavy atom. The van der Waals surface area contributed by atoms with Crippen LogP contribution < -0.4 is 0 Å². The topological polar surface area (TPSA) is 56.7 Å². The average molecular weight is 720 g/mol. The highest BCUT2D eigenvalue weighted by Crippen LogP contribution is 2.36. The van der Waals surface area contributed by atoms with E-state index in [4.69, 9.17) is 19.4 Å². The summed E-state index contributed by atoms with van der Waals surface area (Å²) >= 11 is 3.81. The molecule has 0 aliphatic heterocycles. The summed E-state index contributed by atoms with van der Waals surface area (Å²) in [5, 5.41) is 4.48. The van der Waals surface area contributed by atoms with E-state index in [-0.39, 0.29) is 0 Å². The number of hydrogen-bond acceptors (Lipinski definition) is 4. The maximum absolute atomic E-state index is 6.12. The standard InChI is InChI=1S/C45H27BrN4O/c46-34-25-32(31-22-23-42-38(27-31)37-14-6-9-17-41(37)51-42)24-33(26-34)44-47-43(30-20-18-29(19-21-30)28-10-2-1-3-11-28)48-45(49-44)50-39-15-7-4-12-35(39)36-13-5-8-16-40(36)50/h1-27H. The molecule has 5 nitrogen and oxygen atoms in total. The fraction of sp³-hybridized carbons (Fsp3) is 0. The molecule has 51 heavy (non-hydrogen) atoms. The lowest BCUT2D eigenvalue weighted by Gasteiger charge is -2.12. The second-order valence-electron chi connectivity index (χ2n) is 12.6. The zero-order valence-corrected chi connectivity index (χ0v) is 28.7. The molecule has 0 aliphatic carbocycles. The van der Waals surface area contributed by atoms with E-state index in [1.54, 1.807) is 0 Å². The van der Waals surface area contributed by atoms with Crippen LogP contribution in [0.4, 0.5) is 0 Å². The fourth-order valence-corrected chi connectivity index (χ4v) is 7.59. The summed E-state index contributed by atoms with van der Waals surface area (Å²) in [6.07, 6.45) is 0. The van der Waals surface area contributed by atoms with Crippen molar-refractivity contribution in [1.82, 2.24) is 19.5 Å². The molecule has 0 aliphatic rings. The molecule has 0 fully saturated rings. The summed E-state index contributed by atoms with van der Waals surface area (Å²) in [7, 11) is 0. The van der Waals surface area contributed by atoms with Crippen molar-refractivity contribution in [3.8, 4) is 51.0 Å². The van der Waals surface area contributed by atoms with Crippen LogP contribution in [0.5, 0.6) is 0 Å². The van der Waals surface area contributed by atoms with E-state index in [0.29, 0.717) is 17.6 Å². The predicted octanol–water partition coefficient (Wildman–Crippen LogP) is 12.3. The smallest absolute Gasteiger partial charge is 0.238 e. The van der Waals surface area contributed by atoms with Gasteiger partial charge in [0.25, 0.3) is 0 Å². The third-order valence-electron chi connectivity index (χ3n) is 9.52. The van der Waals surface area contributed by atoms with E-state index < -0.39 is 0 Å². The first-order valence-electron chi connectivity index (χ1n) is 16.8. The van der Waals surface area contributed by atoms with Gasteiger partial charge in [-0.3, -0.25) is 4.57 Å². The Balaban J connectivity index is 1.17. The Labute approximate surface area is 301 Å². The van der Waals surface area contributed by atoms with E-state index in [1.807, 2.05) is 30.3 Å². The van der Waals surface area contributed by atoms with Crippen molar-refractivity contribution in [1.29, 1.82) is 0 Å². The van der Waals surface area contributed by atoms with E-state index in [2.05, 4.69) is 154 Å². The summed E-state index contributed by atoms with van der Waals surface area (Å²) in [5.74, 6) is 1.75. The van der Waals surface area contributed by atoms with E-state index in [9.17, 15) is 0 Å². The highest BCUT2D eigenvalue weighted by molar-refractivity contribution is 9.10. The lowest BCUT2D eigenvalue weighted by Crippen LogP contribution is -2.06. The van der Waals surface area contributed by atoms with Gasteiger partial charge in [0.1, 0.15) is 11.2 Å². The number of aromatic nitrogens is 4. The Hall–Kier alpha value is -6.37. The van der Waals surface area contributed by atoms with Crippen LogP contribution in [0.15, 0.2) is 173 Å². The Bertz CT molecular complexity index is 2870. The third-order valence-corrected chi connectivity index (χ3v) is 9.98. The molecule has 0 N–H and O–H groups in total. The largest absolute Gasteiger partial charge is 0.456 e. The van der Waals surface area contributed by atoms with Gasteiger partial charge in [0, 0.05) is 37.1 Å². The molecular formula is C45H27BrN4O. The fourth-order valence-electron chi connectivity index (χ4n) is 7.09. The van der Waals surface area contributed by atoms with Gasteiger partial charge in [-0.2, -0.15) is 9.97 Å². The van der Waals surface area contributed by atoms with Crippen molar-refractivity contribution in [2.45, 2.75) is 0 Å². The molecule has 0 saturated carbocycles. The molecule has 0 unspecified atom stereocenters. The minimum atomic E-state index is 0.562. The number of hydrogen-bond donors (Lipinski definition) is 0. The molecule has 240 valence electrons. The predicted molar refractivity (Wildman–Crippen MR) is 211 cm³/mol. The van der Waals surface area contributed by atoms with Crippen LogP contribution in [0.2, 0.25) is 0 Å². The molecular weight excluding hydrogens is 692 g/mol. The number of fused-ring (bicyclic) bond motifs is 6. The Morgan fingerprint density at radius 2 is 0.941 bits per heavy atom. The number of para-hydroxylation sites is 3. The molecule has 0 spiro atoms. The highest BCUT2D eigenvalue weighted by atomic mass is 79.9. The van der Waals surface area contributed by atoms with Crippen LogP contribution in [0, 0.1) is 0 Å². The first kappa shape index (κ1) is 29.5. The lowest BCUT2D eigenvalue weighted by atomic mass is 10.0. The zero-order chi connectivity index (χ0) is 33.9. The van der Waals surface area contributed by atoms with Crippen molar-refractivity contribution < 1.29 is 4.42 Å². The highest BCUT2D eigenvalue weighted by Gasteiger charge is 2.19. The molecule has 0 saturated heterocycles. The van der Waals surface area contributed by atoms with E-state index in [0.717, 1.165) is 81.6 Å². The van der Waals surface area contributed by atoms with Crippen LogP contribution in [-0.2, 0) is 0 Å². The van der Waals surface area contributed by atoms with Gasteiger partial charge in [-0.05, 0) is 70.8 Å².